The van der Waals surface area contributed by atoms with Crippen molar-refractivity contribution in [2.45, 2.75) is 57.5 Å². The average Bonchev–Trinajstić information content (AvgIpc) is 3.35. The van der Waals surface area contributed by atoms with Gasteiger partial charge in [-0.05, 0) is 31.4 Å². The van der Waals surface area contributed by atoms with Crippen molar-refractivity contribution in [2.75, 3.05) is 0 Å². The molecular formula is C19H22N4O4. The summed E-state index contributed by atoms with van der Waals surface area (Å²) in [6.45, 7) is 2.17. The Morgan fingerprint density at radius 2 is 2.07 bits per heavy atom. The van der Waals surface area contributed by atoms with Crippen LogP contribution in [-0.2, 0) is 16.9 Å². The second-order valence-corrected chi connectivity index (χ2v) is 7.07. The van der Waals surface area contributed by atoms with E-state index in [0.29, 0.717) is 36.7 Å². The van der Waals surface area contributed by atoms with E-state index in [2.05, 4.69) is 15.5 Å². The molecule has 0 aliphatic heterocycles. The van der Waals surface area contributed by atoms with Gasteiger partial charge in [-0.15, -0.1) is 0 Å². The number of aryl methyl sites for hydroxylation is 2. The molecule has 8 heteroatoms. The standard InChI is InChI=1S/C19H22N4O4/c1-13-20-17(22-27-13)19(10-4-5-11-19)21-16(24)9-6-12-23-14-7-2-3-8-15(14)26-18(23)25/h2-3,7-8H,4-6,9-12H2,1H3,(H,21,24). The summed E-state index contributed by atoms with van der Waals surface area (Å²) in [5.41, 5.74) is 0.773. The third-order valence-corrected chi connectivity index (χ3v) is 5.15. The highest BCUT2D eigenvalue weighted by atomic mass is 16.5. The van der Waals surface area contributed by atoms with Crippen molar-refractivity contribution < 1.29 is 13.7 Å². The van der Waals surface area contributed by atoms with Crippen molar-refractivity contribution >= 4 is 17.0 Å². The fourth-order valence-electron chi connectivity index (χ4n) is 3.83. The molecule has 27 heavy (non-hydrogen) atoms. The zero-order valence-electron chi connectivity index (χ0n) is 15.2. The van der Waals surface area contributed by atoms with Gasteiger partial charge in [0.25, 0.3) is 0 Å². The molecule has 0 unspecified atom stereocenters. The zero-order valence-corrected chi connectivity index (χ0v) is 15.2. The van der Waals surface area contributed by atoms with E-state index in [-0.39, 0.29) is 5.91 Å². The first kappa shape index (κ1) is 17.5. The number of fused-ring (bicyclic) bond motifs is 1. The van der Waals surface area contributed by atoms with Gasteiger partial charge in [0.05, 0.1) is 5.52 Å². The number of carbonyl (C=O) groups is 1. The molecule has 142 valence electrons. The maximum atomic E-state index is 12.6. The largest absolute Gasteiger partial charge is 0.419 e. The van der Waals surface area contributed by atoms with Crippen LogP contribution < -0.4 is 11.1 Å². The van der Waals surface area contributed by atoms with Gasteiger partial charge in [0.15, 0.2) is 11.4 Å². The summed E-state index contributed by atoms with van der Waals surface area (Å²) >= 11 is 0. The SMILES string of the molecule is Cc1nc(C2(NC(=O)CCCn3c(=O)oc4ccccc43)CCCC2)no1. The molecule has 0 radical (unpaired) electrons. The lowest BCUT2D eigenvalue weighted by Gasteiger charge is -2.26. The highest BCUT2D eigenvalue weighted by Gasteiger charge is 2.41. The molecule has 1 aliphatic rings. The Bertz CT molecular complexity index is 1010. The molecule has 2 heterocycles. The topological polar surface area (TPSA) is 103 Å². The Morgan fingerprint density at radius 3 is 2.81 bits per heavy atom. The summed E-state index contributed by atoms with van der Waals surface area (Å²) in [7, 11) is 0. The smallest absolute Gasteiger partial charge is 0.408 e. The van der Waals surface area contributed by atoms with Gasteiger partial charge in [-0.2, -0.15) is 4.98 Å². The zero-order chi connectivity index (χ0) is 18.9. The fourth-order valence-corrected chi connectivity index (χ4v) is 3.83. The van der Waals surface area contributed by atoms with E-state index in [0.717, 1.165) is 31.2 Å². The summed E-state index contributed by atoms with van der Waals surface area (Å²) < 4.78 is 11.9. The minimum Gasteiger partial charge on any atom is -0.408 e. The minimum atomic E-state index is -0.534. The summed E-state index contributed by atoms with van der Waals surface area (Å²) in [6.07, 6.45) is 4.50. The number of oxazole rings is 1. The molecule has 0 bridgehead atoms. The van der Waals surface area contributed by atoms with Crippen LogP contribution in [0, 0.1) is 6.92 Å². The lowest BCUT2D eigenvalue weighted by atomic mass is 9.96. The van der Waals surface area contributed by atoms with E-state index in [9.17, 15) is 9.59 Å². The lowest BCUT2D eigenvalue weighted by molar-refractivity contribution is -0.123. The number of benzene rings is 1. The second kappa shape index (κ2) is 7.02. The number of aromatic nitrogens is 3. The van der Waals surface area contributed by atoms with Gasteiger partial charge in [0, 0.05) is 19.9 Å². The number of para-hydroxylation sites is 2. The quantitative estimate of drug-likeness (QED) is 0.715. The Morgan fingerprint density at radius 1 is 1.30 bits per heavy atom. The molecular weight excluding hydrogens is 348 g/mol. The van der Waals surface area contributed by atoms with Crippen LogP contribution in [-0.4, -0.2) is 20.6 Å². The maximum absolute atomic E-state index is 12.6. The molecule has 1 aromatic carbocycles. The Balaban J connectivity index is 1.40. The van der Waals surface area contributed by atoms with Crippen molar-refractivity contribution in [3.05, 3.63) is 46.5 Å². The summed E-state index contributed by atoms with van der Waals surface area (Å²) in [4.78, 5) is 28.9. The van der Waals surface area contributed by atoms with Crippen LogP contribution in [0.1, 0.15) is 50.2 Å². The number of nitrogens with zero attached hydrogens (tertiary/aromatic N) is 3. The fraction of sp³-hybridized carbons (Fsp3) is 0.474. The third-order valence-electron chi connectivity index (χ3n) is 5.15. The first-order valence-electron chi connectivity index (χ1n) is 9.28. The van der Waals surface area contributed by atoms with Gasteiger partial charge in [-0.1, -0.05) is 30.1 Å². The van der Waals surface area contributed by atoms with Gasteiger partial charge < -0.3 is 14.3 Å². The molecule has 3 aromatic rings. The van der Waals surface area contributed by atoms with E-state index < -0.39 is 11.3 Å². The lowest BCUT2D eigenvalue weighted by Crippen LogP contribution is -2.44. The predicted octanol–water partition coefficient (Wildman–Crippen LogP) is 2.65. The van der Waals surface area contributed by atoms with Crippen LogP contribution in [0.5, 0.6) is 0 Å². The molecule has 1 N–H and O–H groups in total. The van der Waals surface area contributed by atoms with Crippen LogP contribution >= 0.6 is 0 Å². The third kappa shape index (κ3) is 3.39. The maximum Gasteiger partial charge on any atom is 0.419 e. The van der Waals surface area contributed by atoms with Crippen molar-refractivity contribution in [1.29, 1.82) is 0 Å². The van der Waals surface area contributed by atoms with E-state index in [4.69, 9.17) is 8.94 Å². The number of hydrogen-bond donors (Lipinski definition) is 1. The first-order chi connectivity index (χ1) is 13.1. The molecule has 8 nitrogen and oxygen atoms in total. The van der Waals surface area contributed by atoms with Crippen LogP contribution in [0.15, 0.2) is 38.0 Å². The van der Waals surface area contributed by atoms with Crippen LogP contribution in [0.3, 0.4) is 0 Å². The van der Waals surface area contributed by atoms with Crippen molar-refractivity contribution in [1.82, 2.24) is 20.0 Å². The van der Waals surface area contributed by atoms with Crippen LogP contribution in [0.2, 0.25) is 0 Å². The Kier molecular flexibility index (Phi) is 4.55. The predicted molar refractivity (Wildman–Crippen MR) is 97.0 cm³/mol. The van der Waals surface area contributed by atoms with Gasteiger partial charge in [-0.25, -0.2) is 4.79 Å². The van der Waals surface area contributed by atoms with Gasteiger partial charge in [0.1, 0.15) is 5.54 Å². The average molecular weight is 370 g/mol. The molecule has 1 aliphatic carbocycles. The van der Waals surface area contributed by atoms with Crippen molar-refractivity contribution in [3.8, 4) is 0 Å². The molecule has 0 saturated heterocycles. The highest BCUT2D eigenvalue weighted by molar-refractivity contribution is 5.77. The number of nitrogens with one attached hydrogen (secondary N) is 1. The van der Waals surface area contributed by atoms with Gasteiger partial charge in [-0.3, -0.25) is 9.36 Å². The van der Waals surface area contributed by atoms with Crippen LogP contribution in [0.4, 0.5) is 0 Å². The molecule has 1 saturated carbocycles. The molecule has 1 amide bonds. The molecule has 1 fully saturated rings. The second-order valence-electron chi connectivity index (χ2n) is 7.07. The number of amides is 1. The summed E-state index contributed by atoms with van der Waals surface area (Å²) in [5.74, 6) is 0.589. The minimum absolute atomic E-state index is 0.0693. The van der Waals surface area contributed by atoms with Crippen LogP contribution in [0.25, 0.3) is 11.1 Å². The number of carbonyl (C=O) groups excluding carboxylic acids is 1. The summed E-state index contributed by atoms with van der Waals surface area (Å²) in [5, 5.41) is 7.15. The summed E-state index contributed by atoms with van der Waals surface area (Å²) in [6, 6.07) is 7.28. The van der Waals surface area contributed by atoms with Crippen molar-refractivity contribution in [2.24, 2.45) is 0 Å². The highest BCUT2D eigenvalue weighted by Crippen LogP contribution is 2.37. The van der Waals surface area contributed by atoms with E-state index >= 15 is 0 Å². The molecule has 4 rings (SSSR count). The van der Waals surface area contributed by atoms with Gasteiger partial charge >= 0.3 is 5.76 Å². The molecule has 0 spiro atoms. The first-order valence-corrected chi connectivity index (χ1v) is 9.28. The number of hydrogen-bond acceptors (Lipinski definition) is 6. The Hall–Kier alpha value is -2.90. The van der Waals surface area contributed by atoms with Crippen molar-refractivity contribution in [3.63, 3.8) is 0 Å². The monoisotopic (exact) mass is 370 g/mol. The van der Waals surface area contributed by atoms with Gasteiger partial charge in [0.2, 0.25) is 11.8 Å². The van der Waals surface area contributed by atoms with E-state index in [1.165, 1.54) is 0 Å². The molecule has 0 atom stereocenters. The normalized spacial score (nSPS) is 16.0. The van der Waals surface area contributed by atoms with E-state index in [1.54, 1.807) is 17.6 Å². The molecule has 2 aromatic heterocycles. The number of rotatable bonds is 6. The Labute approximate surface area is 155 Å². The van der Waals surface area contributed by atoms with E-state index in [1.807, 2.05) is 18.2 Å².